The van der Waals surface area contributed by atoms with Gasteiger partial charge in [-0.3, -0.25) is 5.41 Å². The van der Waals surface area contributed by atoms with Crippen molar-refractivity contribution < 1.29 is 0 Å². The molecule has 0 atom stereocenters. The van der Waals surface area contributed by atoms with E-state index in [9.17, 15) is 0 Å². The molecule has 0 aliphatic rings. The first-order valence-electron chi connectivity index (χ1n) is 5.88. The van der Waals surface area contributed by atoms with E-state index in [1.54, 1.807) is 0 Å². The molecule has 1 aromatic rings. The summed E-state index contributed by atoms with van der Waals surface area (Å²) < 4.78 is 0.875. The number of nitrogens with zero attached hydrogens (tertiary/aromatic N) is 1. The summed E-state index contributed by atoms with van der Waals surface area (Å²) in [5.41, 5.74) is 7.46. The molecule has 1 aromatic carbocycles. The molecule has 0 amide bonds. The molecule has 0 aliphatic carbocycles. The third kappa shape index (κ3) is 3.00. The molecule has 0 saturated heterocycles. The Hall–Kier alpha value is -1.03. The molecule has 1 rings (SSSR count). The van der Waals surface area contributed by atoms with Crippen LogP contribution in [0.1, 0.15) is 32.3 Å². The van der Waals surface area contributed by atoms with Crippen LogP contribution in [0.15, 0.2) is 22.7 Å². The summed E-state index contributed by atoms with van der Waals surface area (Å²) in [6.07, 6.45) is 2.16. The van der Waals surface area contributed by atoms with Gasteiger partial charge in [-0.25, -0.2) is 0 Å². The van der Waals surface area contributed by atoms with Gasteiger partial charge in [0.1, 0.15) is 5.84 Å². The standard InChI is InChI=1S/C13H20BrN3/c1-4-9(5-2)17(3)11-8-6-7-10(14)12(11)13(15)16/h6-9H,4-5H2,1-3H3,(H3,15,16). The SMILES string of the molecule is CCC(CC)N(C)c1cccc(Br)c1C(=N)N. The second-order valence-corrected chi connectivity index (χ2v) is 4.98. The fraction of sp³-hybridized carbons (Fsp3) is 0.462. The minimum atomic E-state index is 0.102. The summed E-state index contributed by atoms with van der Waals surface area (Å²) in [5, 5.41) is 7.69. The second-order valence-electron chi connectivity index (χ2n) is 4.13. The number of nitrogen functional groups attached to an aromatic ring is 1. The molecule has 3 nitrogen and oxygen atoms in total. The van der Waals surface area contributed by atoms with E-state index in [-0.39, 0.29) is 5.84 Å². The van der Waals surface area contributed by atoms with Crippen LogP contribution in [0.5, 0.6) is 0 Å². The lowest BCUT2D eigenvalue weighted by molar-refractivity contribution is 0.591. The topological polar surface area (TPSA) is 53.1 Å². The molecule has 0 unspecified atom stereocenters. The number of hydrogen-bond donors (Lipinski definition) is 2. The molecule has 0 fully saturated rings. The van der Waals surface area contributed by atoms with Gasteiger partial charge in [0.2, 0.25) is 0 Å². The van der Waals surface area contributed by atoms with Crippen LogP contribution >= 0.6 is 15.9 Å². The van der Waals surface area contributed by atoms with E-state index >= 15 is 0 Å². The van der Waals surface area contributed by atoms with Crippen LogP contribution in [0.4, 0.5) is 5.69 Å². The molecular formula is C13H20BrN3. The molecule has 0 spiro atoms. The molecule has 0 saturated carbocycles. The Morgan fingerprint density at radius 1 is 1.41 bits per heavy atom. The first kappa shape index (κ1) is 14.0. The lowest BCUT2D eigenvalue weighted by Crippen LogP contribution is -2.32. The van der Waals surface area contributed by atoms with Crippen LogP contribution in [0, 0.1) is 5.41 Å². The Morgan fingerprint density at radius 3 is 2.47 bits per heavy atom. The van der Waals surface area contributed by atoms with Gasteiger partial charge in [-0.15, -0.1) is 0 Å². The van der Waals surface area contributed by atoms with Gasteiger partial charge in [0.05, 0.1) is 5.56 Å². The fourth-order valence-electron chi connectivity index (χ4n) is 2.11. The number of hydrogen-bond acceptors (Lipinski definition) is 2. The molecule has 0 heterocycles. The van der Waals surface area contributed by atoms with E-state index in [1.807, 2.05) is 18.2 Å². The van der Waals surface area contributed by atoms with Gasteiger partial charge in [-0.2, -0.15) is 0 Å². The van der Waals surface area contributed by atoms with Crippen molar-refractivity contribution in [2.24, 2.45) is 5.73 Å². The first-order valence-corrected chi connectivity index (χ1v) is 6.67. The van der Waals surface area contributed by atoms with Crippen LogP contribution < -0.4 is 10.6 Å². The zero-order valence-electron chi connectivity index (χ0n) is 10.6. The average molecular weight is 298 g/mol. The van der Waals surface area contributed by atoms with Crippen LogP contribution in [0.2, 0.25) is 0 Å². The van der Waals surface area contributed by atoms with Crippen molar-refractivity contribution in [1.29, 1.82) is 5.41 Å². The van der Waals surface area contributed by atoms with Crippen molar-refractivity contribution in [3.63, 3.8) is 0 Å². The maximum absolute atomic E-state index is 7.69. The van der Waals surface area contributed by atoms with Crippen LogP contribution in [0.25, 0.3) is 0 Å². The highest BCUT2D eigenvalue weighted by Crippen LogP contribution is 2.29. The van der Waals surface area contributed by atoms with E-state index in [0.29, 0.717) is 6.04 Å². The lowest BCUT2D eigenvalue weighted by Gasteiger charge is -2.30. The molecule has 17 heavy (non-hydrogen) atoms. The maximum Gasteiger partial charge on any atom is 0.126 e. The number of nitrogens with one attached hydrogen (secondary N) is 1. The average Bonchev–Trinajstić information content (AvgIpc) is 2.29. The van der Waals surface area contributed by atoms with Gasteiger partial charge < -0.3 is 10.6 Å². The van der Waals surface area contributed by atoms with Gasteiger partial charge >= 0.3 is 0 Å². The van der Waals surface area contributed by atoms with Crippen molar-refractivity contribution in [3.05, 3.63) is 28.2 Å². The smallest absolute Gasteiger partial charge is 0.126 e. The van der Waals surface area contributed by atoms with Gasteiger partial charge in [0.15, 0.2) is 0 Å². The fourth-order valence-corrected chi connectivity index (χ4v) is 2.68. The van der Waals surface area contributed by atoms with E-state index < -0.39 is 0 Å². The Bertz CT molecular complexity index is 400. The predicted molar refractivity (Wildman–Crippen MR) is 77.9 cm³/mol. The largest absolute Gasteiger partial charge is 0.384 e. The number of nitrogens with two attached hydrogens (primary N) is 1. The van der Waals surface area contributed by atoms with Crippen molar-refractivity contribution in [3.8, 4) is 0 Å². The Labute approximate surface area is 112 Å². The van der Waals surface area contributed by atoms with E-state index in [0.717, 1.165) is 28.6 Å². The number of halogens is 1. The zero-order chi connectivity index (χ0) is 13.0. The van der Waals surface area contributed by atoms with Gasteiger partial charge in [-0.1, -0.05) is 19.9 Å². The predicted octanol–water partition coefficient (Wildman–Crippen LogP) is 3.36. The van der Waals surface area contributed by atoms with Crippen molar-refractivity contribution >= 4 is 27.5 Å². The van der Waals surface area contributed by atoms with Gasteiger partial charge in [-0.05, 0) is 40.9 Å². The quantitative estimate of drug-likeness (QED) is 0.647. The van der Waals surface area contributed by atoms with Crippen molar-refractivity contribution in [1.82, 2.24) is 0 Å². The number of anilines is 1. The zero-order valence-corrected chi connectivity index (χ0v) is 12.2. The van der Waals surface area contributed by atoms with E-state index in [1.165, 1.54) is 0 Å². The molecule has 0 radical (unpaired) electrons. The monoisotopic (exact) mass is 297 g/mol. The highest BCUT2D eigenvalue weighted by molar-refractivity contribution is 9.10. The number of rotatable bonds is 5. The third-order valence-corrected chi connectivity index (χ3v) is 3.79. The van der Waals surface area contributed by atoms with E-state index in [4.69, 9.17) is 11.1 Å². The van der Waals surface area contributed by atoms with Crippen molar-refractivity contribution in [2.75, 3.05) is 11.9 Å². The maximum atomic E-state index is 7.69. The Balaban J connectivity index is 3.21. The second kappa shape index (κ2) is 6.05. The van der Waals surface area contributed by atoms with Crippen LogP contribution in [0.3, 0.4) is 0 Å². The summed E-state index contributed by atoms with van der Waals surface area (Å²) in [6, 6.07) is 6.38. The molecule has 3 N–H and O–H groups in total. The molecule has 4 heteroatoms. The summed E-state index contributed by atoms with van der Waals surface area (Å²) in [5.74, 6) is 0.102. The number of benzene rings is 1. The summed E-state index contributed by atoms with van der Waals surface area (Å²) in [7, 11) is 2.06. The van der Waals surface area contributed by atoms with E-state index in [2.05, 4.69) is 41.7 Å². The highest BCUT2D eigenvalue weighted by Gasteiger charge is 2.17. The molecule has 0 aromatic heterocycles. The molecule has 94 valence electrons. The number of amidine groups is 1. The van der Waals surface area contributed by atoms with Gasteiger partial charge in [0, 0.05) is 23.2 Å². The molecule has 0 bridgehead atoms. The molecule has 0 aliphatic heterocycles. The van der Waals surface area contributed by atoms with Gasteiger partial charge in [0.25, 0.3) is 0 Å². The van der Waals surface area contributed by atoms with Crippen LogP contribution in [-0.4, -0.2) is 18.9 Å². The van der Waals surface area contributed by atoms with Crippen LogP contribution in [-0.2, 0) is 0 Å². The third-order valence-electron chi connectivity index (χ3n) is 3.13. The minimum absolute atomic E-state index is 0.102. The summed E-state index contributed by atoms with van der Waals surface area (Å²) in [6.45, 7) is 4.35. The molecular weight excluding hydrogens is 278 g/mol. The summed E-state index contributed by atoms with van der Waals surface area (Å²) in [4.78, 5) is 2.21. The normalized spacial score (nSPS) is 10.6. The minimum Gasteiger partial charge on any atom is -0.384 e. The first-order chi connectivity index (χ1) is 8.02. The Kier molecular flexibility index (Phi) is 5.00. The highest BCUT2D eigenvalue weighted by atomic mass is 79.9. The van der Waals surface area contributed by atoms with Crippen molar-refractivity contribution in [2.45, 2.75) is 32.7 Å². The Morgan fingerprint density at radius 2 is 2.00 bits per heavy atom. The lowest BCUT2D eigenvalue weighted by atomic mass is 10.1. The summed E-state index contributed by atoms with van der Waals surface area (Å²) >= 11 is 3.46.